The van der Waals surface area contributed by atoms with Crippen LogP contribution < -0.4 is 11.1 Å². The smallest absolute Gasteiger partial charge is 0.321 e. The second-order valence-corrected chi connectivity index (χ2v) is 7.15. The number of hydrogen-bond donors (Lipinski definition) is 2. The number of benzene rings is 1. The number of amides is 3. The highest BCUT2D eigenvalue weighted by atomic mass is 35.5. The van der Waals surface area contributed by atoms with Gasteiger partial charge in [-0.2, -0.15) is 0 Å². The molecule has 2 aliphatic heterocycles. The lowest BCUT2D eigenvalue weighted by molar-refractivity contribution is -0.137. The van der Waals surface area contributed by atoms with Crippen molar-refractivity contribution >= 4 is 30.0 Å². The number of rotatable bonds is 3. The van der Waals surface area contributed by atoms with E-state index in [4.69, 9.17) is 5.73 Å². The van der Waals surface area contributed by atoms with Crippen molar-refractivity contribution in [3.8, 4) is 0 Å². The van der Waals surface area contributed by atoms with Gasteiger partial charge in [-0.3, -0.25) is 4.79 Å². The van der Waals surface area contributed by atoms with Gasteiger partial charge in [-0.25, -0.2) is 4.79 Å². The Kier molecular flexibility index (Phi) is 7.29. The van der Waals surface area contributed by atoms with Crippen LogP contribution in [0.15, 0.2) is 24.3 Å². The molecule has 1 aromatic carbocycles. The normalized spacial score (nSPS) is 22.7. The van der Waals surface area contributed by atoms with Crippen molar-refractivity contribution in [1.29, 1.82) is 0 Å². The summed E-state index contributed by atoms with van der Waals surface area (Å²) in [5, 5.41) is 2.94. The molecule has 2 aliphatic rings. The Hall–Kier alpha value is -1.79. The van der Waals surface area contributed by atoms with Crippen LogP contribution in [0.1, 0.15) is 31.2 Å². The number of nitrogens with zero attached hydrogens (tertiary/aromatic N) is 2. The van der Waals surface area contributed by atoms with Crippen LogP contribution in [0.2, 0.25) is 0 Å². The summed E-state index contributed by atoms with van der Waals surface area (Å²) in [5.41, 5.74) is 7.69. The van der Waals surface area contributed by atoms with Crippen LogP contribution in [0.25, 0.3) is 0 Å². The molecule has 144 valence electrons. The number of halogens is 1. The van der Waals surface area contributed by atoms with Crippen molar-refractivity contribution < 1.29 is 9.59 Å². The van der Waals surface area contributed by atoms with Gasteiger partial charge in [-0.1, -0.05) is 12.1 Å². The lowest BCUT2D eigenvalue weighted by Crippen LogP contribution is -2.50. The monoisotopic (exact) mass is 380 g/mol. The van der Waals surface area contributed by atoms with Gasteiger partial charge in [0.05, 0.1) is 5.92 Å². The van der Waals surface area contributed by atoms with Crippen LogP contribution in [-0.4, -0.2) is 54.0 Å². The maximum atomic E-state index is 12.9. The molecule has 0 radical (unpaired) electrons. The van der Waals surface area contributed by atoms with E-state index in [0.717, 1.165) is 43.5 Å². The summed E-state index contributed by atoms with van der Waals surface area (Å²) in [5.74, 6) is 0.0603. The lowest BCUT2D eigenvalue weighted by Gasteiger charge is -2.35. The first-order valence-electron chi connectivity index (χ1n) is 9.21. The number of likely N-dealkylation sites (tertiary alicyclic amines) is 2. The minimum atomic E-state index is -0.125. The molecule has 6 nitrogen and oxygen atoms in total. The molecule has 7 heteroatoms. The van der Waals surface area contributed by atoms with Crippen molar-refractivity contribution in [2.45, 2.75) is 38.6 Å². The first-order chi connectivity index (χ1) is 12.1. The van der Waals surface area contributed by atoms with Gasteiger partial charge in [-0.05, 0) is 50.3 Å². The standard InChI is InChI=1S/C19H28N4O2.ClH/c1-14-5-2-7-16(11-14)21-19(25)22-9-3-6-15(13-22)18(24)23-10-4-8-17(23)12-20;/h2,5,7,11,15,17H,3-4,6,8-10,12-13,20H2,1H3,(H,21,25);1H. The molecule has 26 heavy (non-hydrogen) atoms. The number of nitrogens with one attached hydrogen (secondary N) is 1. The van der Waals surface area contributed by atoms with Crippen LogP contribution in [0.3, 0.4) is 0 Å². The molecule has 2 atom stereocenters. The third-order valence-corrected chi connectivity index (χ3v) is 5.26. The van der Waals surface area contributed by atoms with Crippen molar-refractivity contribution in [3.05, 3.63) is 29.8 Å². The number of aryl methyl sites for hydroxylation is 1. The first kappa shape index (κ1) is 20.5. The average Bonchev–Trinajstić information content (AvgIpc) is 3.10. The molecule has 3 rings (SSSR count). The predicted octanol–water partition coefficient (Wildman–Crippen LogP) is 2.61. The van der Waals surface area contributed by atoms with E-state index >= 15 is 0 Å². The van der Waals surface area contributed by atoms with Crippen molar-refractivity contribution in [2.24, 2.45) is 11.7 Å². The van der Waals surface area contributed by atoms with Crippen molar-refractivity contribution in [2.75, 3.05) is 31.5 Å². The SMILES string of the molecule is Cc1cccc(NC(=O)N2CCCC(C(=O)N3CCCC3CN)C2)c1.Cl. The fourth-order valence-electron chi connectivity index (χ4n) is 3.89. The Morgan fingerprint density at radius 2 is 2.00 bits per heavy atom. The van der Waals surface area contributed by atoms with E-state index < -0.39 is 0 Å². The number of urea groups is 1. The fourth-order valence-corrected chi connectivity index (χ4v) is 3.89. The fraction of sp³-hybridized carbons (Fsp3) is 0.579. The first-order valence-corrected chi connectivity index (χ1v) is 9.21. The Morgan fingerprint density at radius 1 is 1.23 bits per heavy atom. The zero-order chi connectivity index (χ0) is 17.8. The third-order valence-electron chi connectivity index (χ3n) is 5.26. The maximum absolute atomic E-state index is 12.9. The summed E-state index contributed by atoms with van der Waals surface area (Å²) in [4.78, 5) is 29.1. The van der Waals surface area contributed by atoms with Gasteiger partial charge in [-0.15, -0.1) is 12.4 Å². The van der Waals surface area contributed by atoms with Crippen molar-refractivity contribution in [1.82, 2.24) is 9.80 Å². The summed E-state index contributed by atoms with van der Waals surface area (Å²) in [6.07, 6.45) is 3.73. The van der Waals surface area contributed by atoms with Crippen LogP contribution in [0.5, 0.6) is 0 Å². The summed E-state index contributed by atoms with van der Waals surface area (Å²) < 4.78 is 0. The van der Waals surface area contributed by atoms with Gasteiger partial charge < -0.3 is 20.9 Å². The largest absolute Gasteiger partial charge is 0.338 e. The maximum Gasteiger partial charge on any atom is 0.321 e. The summed E-state index contributed by atoms with van der Waals surface area (Å²) in [6.45, 7) is 4.50. The van der Waals surface area contributed by atoms with Gasteiger partial charge in [0.1, 0.15) is 0 Å². The van der Waals surface area contributed by atoms with E-state index in [-0.39, 0.29) is 36.3 Å². The minimum absolute atomic E-state index is 0. The van der Waals surface area contributed by atoms with Crippen LogP contribution in [-0.2, 0) is 4.79 Å². The molecule has 2 fully saturated rings. The molecule has 3 N–H and O–H groups in total. The van der Waals surface area contributed by atoms with E-state index in [2.05, 4.69) is 5.32 Å². The van der Waals surface area contributed by atoms with Crippen LogP contribution in [0.4, 0.5) is 10.5 Å². The Morgan fingerprint density at radius 3 is 2.73 bits per heavy atom. The highest BCUT2D eigenvalue weighted by Crippen LogP contribution is 2.24. The second-order valence-electron chi connectivity index (χ2n) is 7.15. The lowest BCUT2D eigenvalue weighted by atomic mass is 9.96. The number of piperidine rings is 1. The molecule has 0 aromatic heterocycles. The van der Waals surface area contributed by atoms with E-state index in [1.165, 1.54) is 0 Å². The Bertz CT molecular complexity index is 640. The average molecular weight is 381 g/mol. The minimum Gasteiger partial charge on any atom is -0.338 e. The molecular weight excluding hydrogens is 352 g/mol. The van der Waals surface area contributed by atoms with Gasteiger partial charge in [0.15, 0.2) is 0 Å². The number of nitrogens with two attached hydrogens (primary N) is 1. The summed E-state index contributed by atoms with van der Waals surface area (Å²) in [7, 11) is 0. The predicted molar refractivity (Wildman–Crippen MR) is 106 cm³/mol. The topological polar surface area (TPSA) is 78.7 Å². The molecule has 0 aliphatic carbocycles. The molecule has 0 saturated carbocycles. The summed E-state index contributed by atoms with van der Waals surface area (Å²) in [6, 6.07) is 7.79. The molecule has 3 amide bonds. The van der Waals surface area contributed by atoms with Gasteiger partial charge in [0.2, 0.25) is 5.91 Å². The molecular formula is C19H29ClN4O2. The van der Waals surface area contributed by atoms with E-state index in [1.54, 1.807) is 4.90 Å². The van der Waals surface area contributed by atoms with E-state index in [9.17, 15) is 9.59 Å². The van der Waals surface area contributed by atoms with Gasteiger partial charge in [0.25, 0.3) is 0 Å². The van der Waals surface area contributed by atoms with E-state index in [1.807, 2.05) is 36.1 Å². The number of carbonyl (C=O) groups excluding carboxylic acids is 2. The zero-order valence-electron chi connectivity index (χ0n) is 15.3. The zero-order valence-corrected chi connectivity index (χ0v) is 16.1. The quantitative estimate of drug-likeness (QED) is 0.845. The summed E-state index contributed by atoms with van der Waals surface area (Å²) >= 11 is 0. The van der Waals surface area contributed by atoms with Gasteiger partial charge in [0, 0.05) is 37.9 Å². The number of hydrogen-bond acceptors (Lipinski definition) is 3. The Labute approximate surface area is 161 Å². The van der Waals surface area contributed by atoms with Gasteiger partial charge >= 0.3 is 6.03 Å². The molecule has 1 aromatic rings. The molecule has 0 bridgehead atoms. The second kappa shape index (κ2) is 9.24. The third kappa shape index (κ3) is 4.68. The molecule has 2 saturated heterocycles. The highest BCUT2D eigenvalue weighted by Gasteiger charge is 2.35. The van der Waals surface area contributed by atoms with E-state index in [0.29, 0.717) is 19.6 Å². The van der Waals surface area contributed by atoms with Crippen LogP contribution in [0, 0.1) is 12.8 Å². The van der Waals surface area contributed by atoms with Crippen molar-refractivity contribution in [3.63, 3.8) is 0 Å². The number of anilines is 1. The number of carbonyl (C=O) groups is 2. The molecule has 2 unspecified atom stereocenters. The Balaban J connectivity index is 0.00000243. The van der Waals surface area contributed by atoms with Crippen LogP contribution >= 0.6 is 12.4 Å². The molecule has 2 heterocycles. The highest BCUT2D eigenvalue weighted by molar-refractivity contribution is 5.90. The molecule has 0 spiro atoms.